The van der Waals surface area contributed by atoms with Crippen molar-refractivity contribution in [1.29, 1.82) is 0 Å². The predicted molar refractivity (Wildman–Crippen MR) is 109 cm³/mol. The fourth-order valence-electron chi connectivity index (χ4n) is 3.62. The van der Waals surface area contributed by atoms with Crippen LogP contribution in [0.25, 0.3) is 11.1 Å². The number of nitrogens with zero attached hydrogens (tertiary/aromatic N) is 2. The number of carbonyl (C=O) groups is 2. The van der Waals surface area contributed by atoms with E-state index in [4.69, 9.17) is 9.15 Å². The summed E-state index contributed by atoms with van der Waals surface area (Å²) in [5, 5.41) is 0. The van der Waals surface area contributed by atoms with Gasteiger partial charge in [-0.05, 0) is 49.1 Å². The van der Waals surface area contributed by atoms with Crippen molar-refractivity contribution >= 4 is 23.0 Å². The molecule has 1 saturated heterocycles. The molecule has 3 aromatic rings. The molecule has 0 saturated carbocycles. The molecule has 1 fully saturated rings. The van der Waals surface area contributed by atoms with Gasteiger partial charge in [-0.15, -0.1) is 0 Å². The summed E-state index contributed by atoms with van der Waals surface area (Å²) in [6, 6.07) is 15.0. The number of hydrogen-bond acceptors (Lipinski definition) is 5. The summed E-state index contributed by atoms with van der Waals surface area (Å²) in [6.07, 6.45) is 2.48. The SMILES string of the molecule is CCc1ccc(C(=O)OCC(=O)N2CCC(c3nc4ccccc4o3)CC2)cc1. The van der Waals surface area contributed by atoms with Gasteiger partial charge in [0.2, 0.25) is 0 Å². The molecule has 0 radical (unpaired) electrons. The number of rotatable bonds is 5. The van der Waals surface area contributed by atoms with Gasteiger partial charge in [-0.2, -0.15) is 0 Å². The van der Waals surface area contributed by atoms with Crippen molar-refractivity contribution in [2.45, 2.75) is 32.1 Å². The van der Waals surface area contributed by atoms with Gasteiger partial charge in [0.25, 0.3) is 5.91 Å². The molecule has 0 unspecified atom stereocenters. The number of esters is 1. The first-order chi connectivity index (χ1) is 14.1. The van der Waals surface area contributed by atoms with Crippen molar-refractivity contribution in [1.82, 2.24) is 9.88 Å². The number of likely N-dealkylation sites (tertiary alicyclic amines) is 1. The van der Waals surface area contributed by atoms with Crippen LogP contribution in [0.4, 0.5) is 0 Å². The average molecular weight is 392 g/mol. The second kappa shape index (κ2) is 8.47. The number of aryl methyl sites for hydroxylation is 1. The van der Waals surface area contributed by atoms with Gasteiger partial charge >= 0.3 is 5.97 Å². The van der Waals surface area contributed by atoms with Crippen LogP contribution in [-0.4, -0.2) is 41.5 Å². The Morgan fingerprint density at radius 2 is 1.83 bits per heavy atom. The molecule has 4 rings (SSSR count). The first-order valence-electron chi connectivity index (χ1n) is 10.0. The van der Waals surface area contributed by atoms with E-state index >= 15 is 0 Å². The molecule has 6 heteroatoms. The Kier molecular flexibility index (Phi) is 5.60. The Labute approximate surface area is 169 Å². The first kappa shape index (κ1) is 19.2. The number of aromatic nitrogens is 1. The second-order valence-electron chi connectivity index (χ2n) is 7.30. The van der Waals surface area contributed by atoms with E-state index in [1.54, 1.807) is 17.0 Å². The molecule has 150 valence electrons. The molecule has 0 N–H and O–H groups in total. The summed E-state index contributed by atoms with van der Waals surface area (Å²) in [6.45, 7) is 3.03. The lowest BCUT2D eigenvalue weighted by molar-refractivity contribution is -0.135. The number of carbonyl (C=O) groups excluding carboxylic acids is 2. The van der Waals surface area contributed by atoms with Crippen molar-refractivity contribution < 1.29 is 18.7 Å². The monoisotopic (exact) mass is 392 g/mol. The number of piperidine rings is 1. The van der Waals surface area contributed by atoms with E-state index in [0.717, 1.165) is 41.8 Å². The number of ether oxygens (including phenoxy) is 1. The van der Waals surface area contributed by atoms with Crippen LogP contribution < -0.4 is 0 Å². The van der Waals surface area contributed by atoms with E-state index in [2.05, 4.69) is 11.9 Å². The zero-order valence-electron chi connectivity index (χ0n) is 16.5. The highest BCUT2D eigenvalue weighted by Gasteiger charge is 2.27. The van der Waals surface area contributed by atoms with E-state index in [1.165, 1.54) is 0 Å². The van der Waals surface area contributed by atoms with Crippen molar-refractivity contribution in [3.05, 3.63) is 65.5 Å². The van der Waals surface area contributed by atoms with Crippen LogP contribution in [0.3, 0.4) is 0 Å². The molecule has 2 heterocycles. The van der Waals surface area contributed by atoms with Crippen molar-refractivity contribution in [2.24, 2.45) is 0 Å². The quantitative estimate of drug-likeness (QED) is 0.615. The number of oxazole rings is 1. The summed E-state index contributed by atoms with van der Waals surface area (Å²) < 4.78 is 11.1. The lowest BCUT2D eigenvalue weighted by atomic mass is 9.97. The van der Waals surface area contributed by atoms with Crippen molar-refractivity contribution in [3.63, 3.8) is 0 Å². The summed E-state index contributed by atoms with van der Waals surface area (Å²) in [5.41, 5.74) is 3.27. The molecular formula is C23H24N2O4. The number of amides is 1. The molecule has 2 aromatic carbocycles. The number of fused-ring (bicyclic) bond motifs is 1. The lowest BCUT2D eigenvalue weighted by Crippen LogP contribution is -2.40. The van der Waals surface area contributed by atoms with Crippen LogP contribution in [0.2, 0.25) is 0 Å². The number of benzene rings is 2. The number of hydrogen-bond donors (Lipinski definition) is 0. The minimum Gasteiger partial charge on any atom is -0.452 e. The Morgan fingerprint density at radius 3 is 2.52 bits per heavy atom. The fraction of sp³-hybridized carbons (Fsp3) is 0.348. The van der Waals surface area contributed by atoms with Gasteiger partial charge in [0.15, 0.2) is 18.1 Å². The van der Waals surface area contributed by atoms with Crippen LogP contribution in [0.5, 0.6) is 0 Å². The Hall–Kier alpha value is -3.15. The van der Waals surface area contributed by atoms with Gasteiger partial charge in [-0.3, -0.25) is 4.79 Å². The van der Waals surface area contributed by atoms with Crippen molar-refractivity contribution in [2.75, 3.05) is 19.7 Å². The van der Waals surface area contributed by atoms with Crippen LogP contribution in [0, 0.1) is 0 Å². The topological polar surface area (TPSA) is 72.6 Å². The Bertz CT molecular complexity index is 968. The average Bonchev–Trinajstić information content (AvgIpc) is 3.22. The maximum Gasteiger partial charge on any atom is 0.338 e. The summed E-state index contributed by atoms with van der Waals surface area (Å²) in [5.74, 6) is 0.299. The Balaban J connectivity index is 1.27. The summed E-state index contributed by atoms with van der Waals surface area (Å²) in [7, 11) is 0. The largest absolute Gasteiger partial charge is 0.452 e. The molecule has 0 spiro atoms. The first-order valence-corrected chi connectivity index (χ1v) is 10.0. The second-order valence-corrected chi connectivity index (χ2v) is 7.30. The van der Waals surface area contributed by atoms with Crippen molar-refractivity contribution in [3.8, 4) is 0 Å². The lowest BCUT2D eigenvalue weighted by Gasteiger charge is -2.30. The highest BCUT2D eigenvalue weighted by Crippen LogP contribution is 2.29. The van der Waals surface area contributed by atoms with Crippen LogP contribution >= 0.6 is 0 Å². The highest BCUT2D eigenvalue weighted by atomic mass is 16.5. The third-order valence-electron chi connectivity index (χ3n) is 5.43. The van der Waals surface area contributed by atoms with Crippen LogP contribution in [0.15, 0.2) is 52.9 Å². The fourth-order valence-corrected chi connectivity index (χ4v) is 3.62. The highest BCUT2D eigenvalue weighted by molar-refractivity contribution is 5.91. The maximum absolute atomic E-state index is 12.4. The smallest absolute Gasteiger partial charge is 0.338 e. The molecule has 1 aliphatic rings. The third-order valence-corrected chi connectivity index (χ3v) is 5.43. The molecule has 0 bridgehead atoms. The normalized spacial score (nSPS) is 14.9. The third kappa shape index (κ3) is 4.31. The summed E-state index contributed by atoms with van der Waals surface area (Å²) >= 11 is 0. The minimum absolute atomic E-state index is 0.167. The molecule has 1 aromatic heterocycles. The molecular weight excluding hydrogens is 368 g/mol. The van der Waals surface area contributed by atoms with Gasteiger partial charge in [0.1, 0.15) is 5.52 Å². The van der Waals surface area contributed by atoms with E-state index in [0.29, 0.717) is 18.7 Å². The van der Waals surface area contributed by atoms with Gasteiger partial charge in [0, 0.05) is 19.0 Å². The van der Waals surface area contributed by atoms with E-state index in [9.17, 15) is 9.59 Å². The molecule has 1 aliphatic heterocycles. The van der Waals surface area contributed by atoms with Gasteiger partial charge in [0.05, 0.1) is 5.56 Å². The molecule has 6 nitrogen and oxygen atoms in total. The van der Waals surface area contributed by atoms with Gasteiger partial charge < -0.3 is 14.1 Å². The van der Waals surface area contributed by atoms with E-state index in [1.807, 2.05) is 36.4 Å². The molecule has 0 aliphatic carbocycles. The minimum atomic E-state index is -0.470. The maximum atomic E-state index is 12.4. The zero-order valence-corrected chi connectivity index (χ0v) is 16.5. The van der Waals surface area contributed by atoms with Crippen LogP contribution in [-0.2, 0) is 16.0 Å². The molecule has 0 atom stereocenters. The van der Waals surface area contributed by atoms with Crippen LogP contribution in [0.1, 0.15) is 47.5 Å². The Morgan fingerprint density at radius 1 is 1.10 bits per heavy atom. The standard InChI is InChI=1S/C23H24N2O4/c1-2-16-7-9-18(10-8-16)23(27)28-15-21(26)25-13-11-17(12-14-25)22-24-19-5-3-4-6-20(19)29-22/h3-10,17H,2,11-15H2,1H3. The number of para-hydroxylation sites is 2. The zero-order chi connectivity index (χ0) is 20.2. The van der Waals surface area contributed by atoms with Gasteiger partial charge in [-0.25, -0.2) is 9.78 Å². The predicted octanol–water partition coefficient (Wildman–Crippen LogP) is 3.95. The van der Waals surface area contributed by atoms with E-state index in [-0.39, 0.29) is 18.4 Å². The molecule has 29 heavy (non-hydrogen) atoms. The van der Waals surface area contributed by atoms with E-state index < -0.39 is 5.97 Å². The summed E-state index contributed by atoms with van der Waals surface area (Å²) in [4.78, 5) is 30.9. The van der Waals surface area contributed by atoms with Gasteiger partial charge in [-0.1, -0.05) is 31.2 Å². The molecule has 1 amide bonds.